The maximum absolute atomic E-state index is 7.12. The lowest BCUT2D eigenvalue weighted by Crippen LogP contribution is -2.81. The Kier molecular flexibility index (Phi) is 4.99. The summed E-state index contributed by atoms with van der Waals surface area (Å²) in [6.45, 7) is 7.55. The molecule has 204 valence electrons. The molecule has 2 spiro atoms. The van der Waals surface area contributed by atoms with Crippen LogP contribution in [0, 0.1) is 31.1 Å². The molecule has 0 radical (unpaired) electrons. The molecule has 5 fully saturated rings. The maximum Gasteiger partial charge on any atom is 0.165 e. The smallest absolute Gasteiger partial charge is 0.165 e. The molecule has 9 rings (SSSR count). The SMILES string of the molecule is COc1ccc2c3c1O[C@H]1C4(OC)CCC5(C[C@@H]4COCc4c(C)noc4C)[C@@H](C2)N(CC2CC2)CCC315. The molecule has 7 nitrogen and oxygen atoms in total. The van der Waals surface area contributed by atoms with Crippen LogP contribution in [0.3, 0.4) is 0 Å². The molecule has 4 saturated carbocycles. The van der Waals surface area contributed by atoms with Gasteiger partial charge in [-0.15, -0.1) is 0 Å². The summed E-state index contributed by atoms with van der Waals surface area (Å²) in [6, 6.07) is 5.01. The molecule has 0 amide bonds. The number of ether oxygens (including phenoxy) is 4. The van der Waals surface area contributed by atoms with Crippen LogP contribution in [-0.4, -0.2) is 61.7 Å². The van der Waals surface area contributed by atoms with Gasteiger partial charge in [0.05, 0.1) is 26.0 Å². The Morgan fingerprint density at radius 1 is 1.13 bits per heavy atom. The molecule has 1 aromatic carbocycles. The summed E-state index contributed by atoms with van der Waals surface area (Å²) in [5.41, 5.74) is 4.70. The number of hydrogen-bond acceptors (Lipinski definition) is 7. The van der Waals surface area contributed by atoms with E-state index in [9.17, 15) is 0 Å². The standard InChI is InChI=1S/C31H40N2O5/c1-18-23(19(2)38-32-18)17-36-16-22-14-29-9-10-31(22,35-4)28-30(29)11-12-33(15-20-5-6-20)25(29)13-21-7-8-24(34-3)27(37-28)26(21)30/h7-8,20,22,25,28H,5-6,9-17H2,1-4H3/t22-,25-,28-,29?,30?,31?/m1/s1. The highest BCUT2D eigenvalue weighted by molar-refractivity contribution is 5.63. The highest BCUT2D eigenvalue weighted by Crippen LogP contribution is 2.76. The Morgan fingerprint density at radius 2 is 2.00 bits per heavy atom. The van der Waals surface area contributed by atoms with Gasteiger partial charge in [0.15, 0.2) is 11.5 Å². The van der Waals surface area contributed by atoms with Gasteiger partial charge >= 0.3 is 0 Å². The van der Waals surface area contributed by atoms with Crippen LogP contribution in [-0.2, 0) is 27.9 Å². The average Bonchev–Trinajstić information content (AvgIpc) is 3.59. The average molecular weight is 521 g/mol. The lowest BCUT2D eigenvalue weighted by atomic mass is 9.35. The highest BCUT2D eigenvalue weighted by atomic mass is 16.6. The second kappa shape index (κ2) is 7.98. The van der Waals surface area contributed by atoms with Crippen LogP contribution in [0.2, 0.25) is 0 Å². The van der Waals surface area contributed by atoms with Crippen molar-refractivity contribution in [2.45, 2.75) is 88.6 Å². The first-order chi connectivity index (χ1) is 18.5. The number of aryl methyl sites for hydroxylation is 2. The van der Waals surface area contributed by atoms with Gasteiger partial charge in [0.2, 0.25) is 0 Å². The molecule has 2 aromatic rings. The summed E-state index contributed by atoms with van der Waals surface area (Å²) >= 11 is 0. The minimum Gasteiger partial charge on any atom is -0.493 e. The van der Waals surface area contributed by atoms with Crippen molar-refractivity contribution in [2.75, 3.05) is 33.9 Å². The Balaban J connectivity index is 1.22. The predicted molar refractivity (Wildman–Crippen MR) is 141 cm³/mol. The molecule has 4 bridgehead atoms. The van der Waals surface area contributed by atoms with Crippen molar-refractivity contribution in [3.05, 3.63) is 40.3 Å². The van der Waals surface area contributed by atoms with E-state index < -0.39 is 0 Å². The van der Waals surface area contributed by atoms with Gasteiger partial charge in [0.1, 0.15) is 17.5 Å². The Labute approximate surface area is 225 Å². The van der Waals surface area contributed by atoms with Crippen LogP contribution in [0.4, 0.5) is 0 Å². The van der Waals surface area contributed by atoms with Crippen LogP contribution in [0.25, 0.3) is 0 Å². The third-order valence-corrected chi connectivity index (χ3v) is 11.8. The second-order valence-electron chi connectivity index (χ2n) is 13.0. The van der Waals surface area contributed by atoms with E-state index in [1.165, 1.54) is 36.9 Å². The van der Waals surface area contributed by atoms with E-state index in [0.29, 0.717) is 19.3 Å². The fourth-order valence-corrected chi connectivity index (χ4v) is 9.91. The Bertz CT molecular complexity index is 1270. The van der Waals surface area contributed by atoms with Crippen molar-refractivity contribution in [2.24, 2.45) is 17.3 Å². The van der Waals surface area contributed by atoms with Gasteiger partial charge in [0.25, 0.3) is 0 Å². The second-order valence-corrected chi connectivity index (χ2v) is 13.0. The number of aromatic nitrogens is 1. The fraction of sp³-hybridized carbons (Fsp3) is 0.710. The van der Waals surface area contributed by atoms with E-state index in [4.69, 9.17) is 23.5 Å². The van der Waals surface area contributed by atoms with Crippen LogP contribution in [0.5, 0.6) is 11.5 Å². The first kappa shape index (κ1) is 23.8. The number of nitrogens with zero attached hydrogens (tertiary/aromatic N) is 2. The molecule has 1 aromatic heterocycles. The van der Waals surface area contributed by atoms with E-state index in [0.717, 1.165) is 66.7 Å². The third kappa shape index (κ3) is 2.78. The number of benzene rings is 1. The van der Waals surface area contributed by atoms with Crippen LogP contribution >= 0.6 is 0 Å². The molecule has 6 atom stereocenters. The normalized spacial score (nSPS) is 38.3. The van der Waals surface area contributed by atoms with Crippen molar-refractivity contribution >= 4 is 0 Å². The van der Waals surface area contributed by atoms with Gasteiger partial charge in [-0.1, -0.05) is 11.2 Å². The van der Waals surface area contributed by atoms with Gasteiger partial charge in [-0.3, -0.25) is 4.90 Å². The van der Waals surface area contributed by atoms with Crippen molar-refractivity contribution in [1.82, 2.24) is 10.1 Å². The zero-order chi connectivity index (χ0) is 25.9. The van der Waals surface area contributed by atoms with Crippen LogP contribution in [0.15, 0.2) is 16.7 Å². The Hall–Kier alpha value is -2.09. The van der Waals surface area contributed by atoms with E-state index in [1.54, 1.807) is 7.11 Å². The van der Waals surface area contributed by atoms with E-state index in [1.807, 2.05) is 21.0 Å². The first-order valence-electron chi connectivity index (χ1n) is 14.6. The molecule has 7 aliphatic rings. The lowest BCUT2D eigenvalue weighted by Gasteiger charge is -2.74. The van der Waals surface area contributed by atoms with Crippen LogP contribution < -0.4 is 9.47 Å². The molecule has 5 aliphatic carbocycles. The van der Waals surface area contributed by atoms with Gasteiger partial charge < -0.3 is 23.5 Å². The Morgan fingerprint density at radius 3 is 2.74 bits per heavy atom. The van der Waals surface area contributed by atoms with E-state index in [-0.39, 0.29) is 28.5 Å². The molecular formula is C31H40N2O5. The topological polar surface area (TPSA) is 66.2 Å². The number of piperidine rings is 1. The van der Waals surface area contributed by atoms with E-state index in [2.05, 4.69) is 22.2 Å². The van der Waals surface area contributed by atoms with Crippen molar-refractivity contribution in [3.8, 4) is 11.5 Å². The molecule has 7 heteroatoms. The summed E-state index contributed by atoms with van der Waals surface area (Å²) in [6.07, 6.45) is 8.40. The third-order valence-electron chi connectivity index (χ3n) is 11.8. The van der Waals surface area contributed by atoms with Crippen molar-refractivity contribution in [1.29, 1.82) is 0 Å². The highest BCUT2D eigenvalue weighted by Gasteiger charge is 2.80. The summed E-state index contributed by atoms with van der Waals surface area (Å²) < 4.78 is 31.5. The lowest BCUT2D eigenvalue weighted by molar-refractivity contribution is -0.283. The molecule has 38 heavy (non-hydrogen) atoms. The molecule has 3 heterocycles. The summed E-state index contributed by atoms with van der Waals surface area (Å²) in [5.74, 6) is 3.87. The number of hydrogen-bond donors (Lipinski definition) is 0. The van der Waals surface area contributed by atoms with Gasteiger partial charge in [-0.2, -0.15) is 0 Å². The fourth-order valence-electron chi connectivity index (χ4n) is 9.91. The van der Waals surface area contributed by atoms with Crippen molar-refractivity contribution < 1.29 is 23.5 Å². The zero-order valence-electron chi connectivity index (χ0n) is 23.2. The largest absolute Gasteiger partial charge is 0.493 e. The quantitative estimate of drug-likeness (QED) is 0.498. The molecule has 0 N–H and O–H groups in total. The minimum atomic E-state index is -0.373. The first-order valence-corrected chi connectivity index (χ1v) is 14.6. The summed E-state index contributed by atoms with van der Waals surface area (Å²) in [4.78, 5) is 2.89. The molecular weight excluding hydrogens is 480 g/mol. The van der Waals surface area contributed by atoms with Crippen molar-refractivity contribution in [3.63, 3.8) is 0 Å². The summed E-state index contributed by atoms with van der Waals surface area (Å²) in [7, 11) is 3.68. The van der Waals surface area contributed by atoms with Gasteiger partial charge in [0, 0.05) is 47.6 Å². The van der Waals surface area contributed by atoms with E-state index >= 15 is 0 Å². The molecule has 2 aliphatic heterocycles. The number of fused-ring (bicyclic) bond motifs is 2. The molecule has 3 unspecified atom stereocenters. The predicted octanol–water partition coefficient (Wildman–Crippen LogP) is 4.74. The molecule has 1 saturated heterocycles. The maximum atomic E-state index is 7.12. The minimum absolute atomic E-state index is 0.00825. The van der Waals surface area contributed by atoms with Crippen LogP contribution in [0.1, 0.15) is 66.7 Å². The summed E-state index contributed by atoms with van der Waals surface area (Å²) in [5, 5.41) is 4.12. The van der Waals surface area contributed by atoms with Gasteiger partial charge in [-0.05, 0) is 82.9 Å². The monoisotopic (exact) mass is 520 g/mol. The zero-order valence-corrected chi connectivity index (χ0v) is 23.2. The number of likely N-dealkylation sites (tertiary alicyclic amines) is 1. The van der Waals surface area contributed by atoms with Gasteiger partial charge in [-0.25, -0.2) is 0 Å². The number of rotatable bonds is 8. The number of methoxy groups -OCH3 is 2.